The van der Waals surface area contributed by atoms with Gasteiger partial charge in [0.15, 0.2) is 0 Å². The van der Waals surface area contributed by atoms with E-state index in [0.29, 0.717) is 16.7 Å². The van der Waals surface area contributed by atoms with Crippen molar-refractivity contribution in [1.82, 2.24) is 4.98 Å². The maximum atomic E-state index is 12.0. The topological polar surface area (TPSA) is 53.4 Å². The Bertz CT molecular complexity index is 411. The molecule has 4 nitrogen and oxygen atoms in total. The van der Waals surface area contributed by atoms with Crippen LogP contribution in [-0.2, 0) is 0 Å². The predicted molar refractivity (Wildman–Crippen MR) is 57.4 cm³/mol. The Hall–Kier alpha value is -1.44. The number of rotatable bonds is 3. The van der Waals surface area contributed by atoms with E-state index in [1.165, 1.54) is 25.4 Å². The molecule has 0 unspecified atom stereocenters. The molecule has 0 aliphatic carbocycles. The normalized spacial score (nSPS) is 11.3. The lowest BCUT2D eigenvalue weighted by atomic mass is 10.4. The molecule has 0 radical (unpaired) electrons. The lowest BCUT2D eigenvalue weighted by Gasteiger charge is -2.12. The quantitative estimate of drug-likeness (QED) is 0.855. The highest BCUT2D eigenvalue weighted by molar-refractivity contribution is 7.99. The van der Waals surface area contributed by atoms with Crippen LogP contribution >= 0.6 is 11.8 Å². The molecule has 0 saturated heterocycles. The number of carboxylic acid groups (broad SMARTS) is 1. The van der Waals surface area contributed by atoms with Crippen molar-refractivity contribution in [2.24, 2.45) is 0 Å². The Kier molecular flexibility index (Phi) is 4.22. The Labute approximate surface area is 99.4 Å². The largest absolute Gasteiger partial charge is 0.465 e. The molecule has 0 aliphatic rings. The number of amides is 1. The molecule has 0 aliphatic heterocycles. The average molecular weight is 266 g/mol. The lowest BCUT2D eigenvalue weighted by molar-refractivity contribution is -0.105. The number of nitrogens with zero attached hydrogens (tertiary/aromatic N) is 2. The molecular weight excluding hydrogens is 257 g/mol. The first-order valence-corrected chi connectivity index (χ1v) is 5.40. The van der Waals surface area contributed by atoms with Gasteiger partial charge in [-0.15, -0.1) is 11.8 Å². The molecular formula is C9H9F3N2O2S. The number of aromatic nitrogens is 1. The fourth-order valence-electron chi connectivity index (χ4n) is 0.936. The Balaban J connectivity index is 2.76. The van der Waals surface area contributed by atoms with Crippen LogP contribution in [0.15, 0.2) is 23.2 Å². The zero-order valence-electron chi connectivity index (χ0n) is 8.73. The van der Waals surface area contributed by atoms with Crippen LogP contribution in [0.5, 0.6) is 0 Å². The fraction of sp³-hybridized carbons (Fsp3) is 0.333. The van der Waals surface area contributed by atoms with Crippen LogP contribution in [0, 0.1) is 0 Å². The van der Waals surface area contributed by atoms with Crippen molar-refractivity contribution < 1.29 is 23.1 Å². The van der Waals surface area contributed by atoms with Gasteiger partial charge in [0.25, 0.3) is 0 Å². The molecule has 94 valence electrons. The van der Waals surface area contributed by atoms with E-state index in [0.717, 1.165) is 4.90 Å². The number of anilines is 1. The molecule has 1 N–H and O–H groups in total. The summed E-state index contributed by atoms with van der Waals surface area (Å²) in [4.78, 5) is 15.5. The monoisotopic (exact) mass is 266 g/mol. The molecule has 0 fully saturated rings. The van der Waals surface area contributed by atoms with Crippen molar-refractivity contribution in [3.8, 4) is 0 Å². The van der Waals surface area contributed by atoms with E-state index in [9.17, 15) is 18.0 Å². The van der Waals surface area contributed by atoms with Crippen LogP contribution in [0.25, 0.3) is 0 Å². The second-order valence-corrected chi connectivity index (χ2v) is 4.14. The SMILES string of the molecule is CN(C(=O)O)c1cc(SCC(F)(F)F)ccn1. The predicted octanol–water partition coefficient (Wildman–Crippen LogP) is 2.85. The number of hydrogen-bond acceptors (Lipinski definition) is 3. The molecule has 0 saturated carbocycles. The van der Waals surface area contributed by atoms with Gasteiger partial charge in [0.2, 0.25) is 0 Å². The van der Waals surface area contributed by atoms with Gasteiger partial charge in [-0.05, 0) is 12.1 Å². The van der Waals surface area contributed by atoms with E-state index in [1.54, 1.807) is 0 Å². The molecule has 17 heavy (non-hydrogen) atoms. The molecule has 1 aromatic heterocycles. The maximum Gasteiger partial charge on any atom is 0.412 e. The summed E-state index contributed by atoms with van der Waals surface area (Å²) >= 11 is 0.586. The van der Waals surface area contributed by atoms with Crippen LogP contribution in [0.2, 0.25) is 0 Å². The molecule has 0 atom stereocenters. The highest BCUT2D eigenvalue weighted by Gasteiger charge is 2.27. The molecule has 1 aromatic rings. The summed E-state index contributed by atoms with van der Waals surface area (Å²) < 4.78 is 36.0. The minimum absolute atomic E-state index is 0.0877. The van der Waals surface area contributed by atoms with Crippen LogP contribution in [0.4, 0.5) is 23.8 Å². The highest BCUT2D eigenvalue weighted by atomic mass is 32.2. The van der Waals surface area contributed by atoms with E-state index in [1.807, 2.05) is 0 Å². The smallest absolute Gasteiger partial charge is 0.412 e. The number of thioether (sulfide) groups is 1. The number of carbonyl (C=O) groups is 1. The molecule has 1 heterocycles. The van der Waals surface area contributed by atoms with Gasteiger partial charge in [0, 0.05) is 18.1 Å². The summed E-state index contributed by atoms with van der Waals surface area (Å²) in [6, 6.07) is 2.69. The first-order chi connectivity index (χ1) is 7.79. The van der Waals surface area contributed by atoms with E-state index < -0.39 is 18.0 Å². The molecule has 1 amide bonds. The molecule has 8 heteroatoms. The fourth-order valence-corrected chi connectivity index (χ4v) is 1.61. The van der Waals surface area contributed by atoms with Crippen molar-refractivity contribution in [2.75, 3.05) is 17.7 Å². The van der Waals surface area contributed by atoms with Crippen molar-refractivity contribution in [3.63, 3.8) is 0 Å². The van der Waals surface area contributed by atoms with Gasteiger partial charge in [0.05, 0.1) is 5.75 Å². The minimum atomic E-state index is -4.26. The van der Waals surface area contributed by atoms with Gasteiger partial charge in [-0.1, -0.05) is 0 Å². The minimum Gasteiger partial charge on any atom is -0.465 e. The van der Waals surface area contributed by atoms with E-state index in [2.05, 4.69) is 4.98 Å². The van der Waals surface area contributed by atoms with Crippen LogP contribution in [-0.4, -0.2) is 35.2 Å². The van der Waals surface area contributed by atoms with Crippen LogP contribution in [0.3, 0.4) is 0 Å². The number of alkyl halides is 3. The van der Waals surface area contributed by atoms with Gasteiger partial charge in [0.1, 0.15) is 5.82 Å². The third kappa shape index (κ3) is 4.51. The Morgan fingerprint density at radius 3 is 2.76 bits per heavy atom. The van der Waals surface area contributed by atoms with Gasteiger partial charge < -0.3 is 5.11 Å². The molecule has 0 aromatic carbocycles. The first kappa shape index (κ1) is 13.6. The second kappa shape index (κ2) is 5.26. The first-order valence-electron chi connectivity index (χ1n) is 4.42. The molecule has 0 spiro atoms. The number of pyridine rings is 1. The summed E-state index contributed by atoms with van der Waals surface area (Å²) in [7, 11) is 1.27. The average Bonchev–Trinajstić information content (AvgIpc) is 2.24. The highest BCUT2D eigenvalue weighted by Crippen LogP contribution is 2.28. The Morgan fingerprint density at radius 1 is 1.59 bits per heavy atom. The van der Waals surface area contributed by atoms with Crippen LogP contribution < -0.4 is 4.90 Å². The van der Waals surface area contributed by atoms with Crippen molar-refractivity contribution >= 4 is 23.7 Å². The van der Waals surface area contributed by atoms with Gasteiger partial charge in [-0.3, -0.25) is 4.90 Å². The third-order valence-electron chi connectivity index (χ3n) is 1.75. The van der Waals surface area contributed by atoms with E-state index in [-0.39, 0.29) is 5.82 Å². The zero-order chi connectivity index (χ0) is 13.1. The lowest BCUT2D eigenvalue weighted by Crippen LogP contribution is -2.24. The maximum absolute atomic E-state index is 12.0. The van der Waals surface area contributed by atoms with E-state index >= 15 is 0 Å². The van der Waals surface area contributed by atoms with Gasteiger partial charge in [-0.25, -0.2) is 9.78 Å². The van der Waals surface area contributed by atoms with Crippen LogP contribution in [0.1, 0.15) is 0 Å². The number of halogens is 3. The van der Waals surface area contributed by atoms with Gasteiger partial charge >= 0.3 is 12.3 Å². The summed E-state index contributed by atoms with van der Waals surface area (Å²) in [5, 5.41) is 8.68. The summed E-state index contributed by atoms with van der Waals surface area (Å²) in [5.41, 5.74) is 0. The second-order valence-electron chi connectivity index (χ2n) is 3.10. The summed E-state index contributed by atoms with van der Waals surface area (Å²) in [5.74, 6) is -0.933. The number of hydrogen-bond donors (Lipinski definition) is 1. The zero-order valence-corrected chi connectivity index (χ0v) is 9.55. The molecule has 1 rings (SSSR count). The van der Waals surface area contributed by atoms with Crippen molar-refractivity contribution in [2.45, 2.75) is 11.1 Å². The van der Waals surface area contributed by atoms with Crippen molar-refractivity contribution in [3.05, 3.63) is 18.3 Å². The van der Waals surface area contributed by atoms with Gasteiger partial charge in [-0.2, -0.15) is 13.2 Å². The summed E-state index contributed by atoms with van der Waals surface area (Å²) in [6.07, 6.45) is -4.21. The van der Waals surface area contributed by atoms with Crippen molar-refractivity contribution in [1.29, 1.82) is 0 Å². The van der Waals surface area contributed by atoms with E-state index in [4.69, 9.17) is 5.11 Å². The molecule has 0 bridgehead atoms. The summed E-state index contributed by atoms with van der Waals surface area (Å²) in [6.45, 7) is 0. The Morgan fingerprint density at radius 2 is 2.24 bits per heavy atom. The standard InChI is InChI=1S/C9H9F3N2O2S/c1-14(8(15)16)7-4-6(2-3-13-7)17-5-9(10,11)12/h2-4H,5H2,1H3,(H,15,16). The third-order valence-corrected chi connectivity index (χ3v) is 2.81.